The van der Waals surface area contributed by atoms with E-state index in [0.717, 1.165) is 38.2 Å². The number of ketones is 1. The fourth-order valence-electron chi connectivity index (χ4n) is 4.03. The van der Waals surface area contributed by atoms with E-state index >= 15 is 0 Å². The molecule has 1 aromatic rings. The number of morpholine rings is 1. The van der Waals surface area contributed by atoms with Crippen molar-refractivity contribution in [2.45, 2.75) is 51.7 Å². The van der Waals surface area contributed by atoms with E-state index in [0.29, 0.717) is 17.8 Å². The Morgan fingerprint density at radius 1 is 1.41 bits per heavy atom. The molecule has 1 aliphatic heterocycles. The predicted molar refractivity (Wildman–Crippen MR) is 105 cm³/mol. The number of carbonyl (C=O) groups is 3. The van der Waals surface area contributed by atoms with Gasteiger partial charge in [-0.2, -0.15) is 0 Å². The van der Waals surface area contributed by atoms with E-state index in [1.807, 2.05) is 12.1 Å². The molecule has 0 amide bonds. The molecule has 0 bridgehead atoms. The fourth-order valence-corrected chi connectivity index (χ4v) is 4.03. The van der Waals surface area contributed by atoms with Gasteiger partial charge in [0, 0.05) is 30.6 Å². The standard InChI is InChI=1S/C21H26N2O6/c1-3-4-14-6-5-13-7-8-15(11-16(13)17(14)25)23-9-10-28-18(20(23)22)19(21(26)27)29-12(2)24/h7-8,11,14,18-19,22H,3-6,9-10H2,1-2H3,(H,26,27). The molecule has 29 heavy (non-hydrogen) atoms. The Bertz CT molecular complexity index is 836. The number of hydrogen-bond acceptors (Lipinski definition) is 6. The van der Waals surface area contributed by atoms with E-state index in [1.165, 1.54) is 0 Å². The van der Waals surface area contributed by atoms with Gasteiger partial charge < -0.3 is 19.5 Å². The van der Waals surface area contributed by atoms with Gasteiger partial charge in [0.25, 0.3) is 0 Å². The molecule has 8 heteroatoms. The monoisotopic (exact) mass is 402 g/mol. The Morgan fingerprint density at radius 2 is 2.17 bits per heavy atom. The van der Waals surface area contributed by atoms with Crippen molar-refractivity contribution < 1.29 is 29.0 Å². The summed E-state index contributed by atoms with van der Waals surface area (Å²) in [7, 11) is 0. The van der Waals surface area contributed by atoms with Gasteiger partial charge in [0.05, 0.1) is 6.61 Å². The summed E-state index contributed by atoms with van der Waals surface area (Å²) in [5.41, 5.74) is 2.32. The average Bonchev–Trinajstić information content (AvgIpc) is 2.68. The molecule has 3 atom stereocenters. The smallest absolute Gasteiger partial charge is 0.348 e. The zero-order valence-corrected chi connectivity index (χ0v) is 16.6. The van der Waals surface area contributed by atoms with Crippen molar-refractivity contribution in [3.05, 3.63) is 29.3 Å². The van der Waals surface area contributed by atoms with Crippen LogP contribution in [-0.2, 0) is 25.5 Å². The molecule has 3 rings (SSSR count). The van der Waals surface area contributed by atoms with Gasteiger partial charge in [-0.1, -0.05) is 19.4 Å². The van der Waals surface area contributed by atoms with Crippen LogP contribution in [0.4, 0.5) is 5.69 Å². The summed E-state index contributed by atoms with van der Waals surface area (Å²) in [5.74, 6) is -2.08. The third-order valence-corrected chi connectivity index (χ3v) is 5.42. The first-order valence-electron chi connectivity index (χ1n) is 9.88. The number of carboxylic acids is 1. The van der Waals surface area contributed by atoms with Crippen LogP contribution < -0.4 is 4.90 Å². The summed E-state index contributed by atoms with van der Waals surface area (Å²) in [6.45, 7) is 3.69. The van der Waals surface area contributed by atoms with Gasteiger partial charge in [-0.15, -0.1) is 0 Å². The lowest BCUT2D eigenvalue weighted by atomic mass is 9.80. The number of rotatable bonds is 6. The van der Waals surface area contributed by atoms with Gasteiger partial charge in [0.1, 0.15) is 5.84 Å². The van der Waals surface area contributed by atoms with E-state index in [1.54, 1.807) is 11.0 Å². The number of ether oxygens (including phenoxy) is 2. The van der Waals surface area contributed by atoms with Crippen LogP contribution in [0.1, 0.15) is 49.0 Å². The van der Waals surface area contributed by atoms with Crippen molar-refractivity contribution >= 4 is 29.2 Å². The molecule has 2 N–H and O–H groups in total. The highest BCUT2D eigenvalue weighted by atomic mass is 16.6. The predicted octanol–water partition coefficient (Wildman–Crippen LogP) is 2.43. The van der Waals surface area contributed by atoms with E-state index in [-0.39, 0.29) is 24.1 Å². The fraction of sp³-hybridized carbons (Fsp3) is 0.524. The molecular weight excluding hydrogens is 376 g/mol. The lowest BCUT2D eigenvalue weighted by Crippen LogP contribution is -2.55. The van der Waals surface area contributed by atoms with Gasteiger partial charge in [0.2, 0.25) is 6.10 Å². The third kappa shape index (κ3) is 4.32. The number of carboxylic acid groups (broad SMARTS) is 1. The molecule has 3 unspecified atom stereocenters. The SMILES string of the molecule is CCCC1CCc2ccc(N3CCOC(C(OC(C)=O)C(=O)O)C3=N)cc2C1=O. The summed E-state index contributed by atoms with van der Waals surface area (Å²) >= 11 is 0. The minimum absolute atomic E-state index is 0.0278. The summed E-state index contributed by atoms with van der Waals surface area (Å²) in [6, 6.07) is 5.53. The van der Waals surface area contributed by atoms with Crippen molar-refractivity contribution in [2.24, 2.45) is 5.92 Å². The molecule has 2 aliphatic rings. The first kappa shape index (κ1) is 21.0. The number of aryl methyl sites for hydroxylation is 1. The Balaban J connectivity index is 1.87. The zero-order chi connectivity index (χ0) is 21.1. The van der Waals surface area contributed by atoms with Gasteiger partial charge >= 0.3 is 11.9 Å². The lowest BCUT2D eigenvalue weighted by Gasteiger charge is -2.37. The maximum absolute atomic E-state index is 12.9. The summed E-state index contributed by atoms with van der Waals surface area (Å²) in [6.07, 6.45) is 0.704. The van der Waals surface area contributed by atoms with Crippen LogP contribution >= 0.6 is 0 Å². The number of Topliss-reactive ketones (excluding diaryl/α,β-unsaturated/α-hetero) is 1. The minimum atomic E-state index is -1.60. The summed E-state index contributed by atoms with van der Waals surface area (Å²) < 4.78 is 10.3. The highest BCUT2D eigenvalue weighted by molar-refractivity contribution is 6.05. The Kier molecular flexibility index (Phi) is 6.32. The molecule has 1 heterocycles. The molecule has 1 aliphatic carbocycles. The van der Waals surface area contributed by atoms with Crippen LogP contribution in [0.25, 0.3) is 0 Å². The molecule has 1 saturated heterocycles. The van der Waals surface area contributed by atoms with Crippen LogP contribution in [-0.4, -0.2) is 54.0 Å². The molecule has 0 radical (unpaired) electrons. The van der Waals surface area contributed by atoms with E-state index in [4.69, 9.17) is 14.9 Å². The van der Waals surface area contributed by atoms with Crippen molar-refractivity contribution in [1.82, 2.24) is 0 Å². The highest BCUT2D eigenvalue weighted by Gasteiger charge is 2.40. The van der Waals surface area contributed by atoms with Gasteiger partial charge in [0.15, 0.2) is 11.9 Å². The molecule has 0 saturated carbocycles. The topological polar surface area (TPSA) is 117 Å². The Morgan fingerprint density at radius 3 is 2.83 bits per heavy atom. The van der Waals surface area contributed by atoms with Gasteiger partial charge in [-0.25, -0.2) is 4.79 Å². The molecule has 0 spiro atoms. The number of amidine groups is 1. The number of nitrogens with zero attached hydrogens (tertiary/aromatic N) is 1. The number of carbonyl (C=O) groups excluding carboxylic acids is 2. The van der Waals surface area contributed by atoms with Crippen molar-refractivity contribution in [3.63, 3.8) is 0 Å². The first-order chi connectivity index (χ1) is 13.8. The third-order valence-electron chi connectivity index (χ3n) is 5.42. The molecule has 1 fully saturated rings. The summed E-state index contributed by atoms with van der Waals surface area (Å²) in [5, 5.41) is 17.9. The largest absolute Gasteiger partial charge is 0.478 e. The minimum Gasteiger partial charge on any atom is -0.478 e. The second-order valence-electron chi connectivity index (χ2n) is 7.43. The van der Waals surface area contributed by atoms with E-state index < -0.39 is 24.1 Å². The first-order valence-corrected chi connectivity index (χ1v) is 9.88. The number of benzene rings is 1. The van der Waals surface area contributed by atoms with Crippen molar-refractivity contribution in [1.29, 1.82) is 5.41 Å². The van der Waals surface area contributed by atoms with Gasteiger partial charge in [-0.05, 0) is 37.0 Å². The zero-order valence-electron chi connectivity index (χ0n) is 16.6. The van der Waals surface area contributed by atoms with E-state index in [9.17, 15) is 19.5 Å². The Labute approximate surface area is 169 Å². The second kappa shape index (κ2) is 8.73. The van der Waals surface area contributed by atoms with Crippen LogP contribution in [0.2, 0.25) is 0 Å². The van der Waals surface area contributed by atoms with E-state index in [2.05, 4.69) is 6.92 Å². The number of fused-ring (bicyclic) bond motifs is 1. The van der Waals surface area contributed by atoms with Crippen molar-refractivity contribution in [3.8, 4) is 0 Å². The van der Waals surface area contributed by atoms with Crippen LogP contribution in [0, 0.1) is 11.3 Å². The maximum atomic E-state index is 12.9. The quantitative estimate of drug-likeness (QED) is 0.702. The Hall–Kier alpha value is -2.74. The van der Waals surface area contributed by atoms with Crippen molar-refractivity contribution in [2.75, 3.05) is 18.1 Å². The number of hydrogen-bond donors (Lipinski definition) is 2. The maximum Gasteiger partial charge on any atom is 0.348 e. The molecule has 0 aromatic heterocycles. The number of anilines is 1. The van der Waals surface area contributed by atoms with Crippen LogP contribution in [0.5, 0.6) is 0 Å². The average molecular weight is 402 g/mol. The molecule has 8 nitrogen and oxygen atoms in total. The number of aliphatic carboxylic acids is 1. The molecule has 1 aromatic carbocycles. The summed E-state index contributed by atoms with van der Waals surface area (Å²) in [4.78, 5) is 37.3. The van der Waals surface area contributed by atoms with Gasteiger partial charge in [-0.3, -0.25) is 15.0 Å². The number of esters is 1. The molecular formula is C21H26N2O6. The molecule has 156 valence electrons. The van der Waals surface area contributed by atoms with Crippen LogP contribution in [0.15, 0.2) is 18.2 Å². The normalized spacial score (nSPS) is 22.8. The van der Waals surface area contributed by atoms with Crippen LogP contribution in [0.3, 0.4) is 0 Å². The highest BCUT2D eigenvalue weighted by Crippen LogP contribution is 2.32. The number of nitrogens with one attached hydrogen (secondary N) is 1. The second-order valence-corrected chi connectivity index (χ2v) is 7.43. The lowest BCUT2D eigenvalue weighted by molar-refractivity contribution is -0.169.